The summed E-state index contributed by atoms with van der Waals surface area (Å²) < 4.78 is 134. The number of hydrogen-bond donors (Lipinski definition) is 0. The fraction of sp³-hybridized carbons (Fsp3) is 0.806. The van der Waals surface area contributed by atoms with Gasteiger partial charge >= 0.3 is 24.1 Å². The van der Waals surface area contributed by atoms with Crippen molar-refractivity contribution in [3.8, 4) is 5.75 Å². The molecule has 0 saturated heterocycles. The van der Waals surface area contributed by atoms with Crippen LogP contribution in [0.2, 0.25) is 6.32 Å². The third-order valence-electron chi connectivity index (χ3n) is 10.4. The predicted octanol–water partition coefficient (Wildman–Crippen LogP) is 7.67. The number of hydrogen-bond acceptors (Lipinski definition) is 4. The summed E-state index contributed by atoms with van der Waals surface area (Å²) in [4.78, 5) is 1.30. The molecule has 2 fully saturated rings. The summed E-state index contributed by atoms with van der Waals surface area (Å²) in [6.45, 7) is 1.12. The Morgan fingerprint density at radius 3 is 2.22 bits per heavy atom. The van der Waals surface area contributed by atoms with Crippen LogP contribution in [0, 0.1) is 17.3 Å². The molecule has 1 aromatic rings. The molecular weight excluding hydrogens is 627 g/mol. The molecule has 3 unspecified atom stereocenters. The SMILES string of the molecule is [B][B]CCCCOc1ccc2c(c1)CCC1C2CC[C@@]2(C)C1CC[C@@H]2OCCN(C)CCOC(C(F)(F)F)(C(F)(F)F)C(F)(F)F. The number of ether oxygens (including phenoxy) is 3. The Labute approximate surface area is 266 Å². The number of nitrogens with zero attached hydrogens (tertiary/aromatic N) is 1. The van der Waals surface area contributed by atoms with E-state index >= 15 is 0 Å². The monoisotopic (exact) mass is 668 g/mol. The van der Waals surface area contributed by atoms with Crippen molar-refractivity contribution in [1.29, 1.82) is 0 Å². The molecule has 3 radical (unpaired) electrons. The van der Waals surface area contributed by atoms with Gasteiger partial charge in [-0.2, -0.15) is 39.5 Å². The van der Waals surface area contributed by atoms with Crippen LogP contribution in [0.1, 0.15) is 68.9 Å². The number of benzene rings is 1. The molecule has 0 spiro atoms. The highest BCUT2D eigenvalue weighted by molar-refractivity contribution is 6.89. The Kier molecular flexibility index (Phi) is 11.7. The highest BCUT2D eigenvalue weighted by Crippen LogP contribution is 2.61. The molecule has 3 aliphatic carbocycles. The number of rotatable bonds is 14. The second-order valence-corrected chi connectivity index (χ2v) is 13.2. The molecule has 5 atom stereocenters. The molecule has 0 amide bonds. The van der Waals surface area contributed by atoms with Crippen molar-refractivity contribution in [2.24, 2.45) is 17.3 Å². The van der Waals surface area contributed by atoms with E-state index in [0.717, 1.165) is 63.4 Å². The Morgan fingerprint density at radius 2 is 1.57 bits per heavy atom. The third kappa shape index (κ3) is 7.51. The second kappa shape index (κ2) is 14.5. The minimum Gasteiger partial charge on any atom is -0.494 e. The van der Waals surface area contributed by atoms with Gasteiger partial charge in [-0.3, -0.25) is 0 Å². The van der Waals surface area contributed by atoms with Gasteiger partial charge in [-0.1, -0.05) is 25.7 Å². The third-order valence-corrected chi connectivity index (χ3v) is 10.4. The molecule has 3 aliphatic rings. The zero-order valence-corrected chi connectivity index (χ0v) is 26.2. The van der Waals surface area contributed by atoms with E-state index in [1.54, 1.807) is 7.17 Å². The van der Waals surface area contributed by atoms with E-state index in [1.807, 2.05) is 0 Å². The molecule has 0 heterocycles. The first-order valence-corrected chi connectivity index (χ1v) is 15.9. The lowest BCUT2D eigenvalue weighted by atomic mass is 9.53. The van der Waals surface area contributed by atoms with E-state index in [0.29, 0.717) is 24.4 Å². The Hall–Kier alpha value is -1.60. The number of alkyl halides is 9. The summed E-state index contributed by atoms with van der Waals surface area (Å²) in [6, 6.07) is 6.44. The topological polar surface area (TPSA) is 30.9 Å². The maximum absolute atomic E-state index is 13.1. The first kappa shape index (κ1) is 37.2. The largest absolute Gasteiger partial charge is 0.494 e. The summed E-state index contributed by atoms with van der Waals surface area (Å²) in [5.41, 5.74) is -3.60. The number of unbranched alkanes of at least 4 members (excludes halogenated alkanes) is 1. The van der Waals surface area contributed by atoms with Crippen molar-refractivity contribution in [2.75, 3.05) is 40.0 Å². The first-order valence-electron chi connectivity index (χ1n) is 15.9. The summed E-state index contributed by atoms with van der Waals surface area (Å²) in [7, 11) is 8.47. The van der Waals surface area contributed by atoms with Crippen LogP contribution in [-0.2, 0) is 15.9 Å². The van der Waals surface area contributed by atoms with Crippen molar-refractivity contribution in [2.45, 2.75) is 101 Å². The highest BCUT2D eigenvalue weighted by atomic mass is 19.4. The second-order valence-electron chi connectivity index (χ2n) is 13.2. The average molecular weight is 668 g/mol. The zero-order valence-electron chi connectivity index (χ0n) is 26.2. The molecule has 0 aromatic heterocycles. The van der Waals surface area contributed by atoms with Gasteiger partial charge in [0.1, 0.15) is 5.75 Å². The standard InChI is InChI=1S/C31H41B2F9NO3/c1-27-12-11-23-22-8-6-21(44-16-4-3-13-33-32)19-20(22)5-7-24(23)25(27)9-10-26(27)45-17-14-43(2)15-18-46-28(29(34,35)36,30(37,38)39)31(40,41)42/h6,8,19,23-26H,3-5,7,9-18H2,1-2H3/t23?,24?,25?,26-,27-/m0/s1. The maximum Gasteiger partial charge on any atom is 0.435 e. The van der Waals surface area contributed by atoms with E-state index in [2.05, 4.69) is 29.9 Å². The fourth-order valence-corrected chi connectivity index (χ4v) is 7.97. The Morgan fingerprint density at radius 1 is 0.891 bits per heavy atom. The van der Waals surface area contributed by atoms with Gasteiger partial charge in [0.2, 0.25) is 0 Å². The lowest BCUT2D eigenvalue weighted by molar-refractivity contribution is -0.457. The maximum atomic E-state index is 13.1. The van der Waals surface area contributed by atoms with Crippen molar-refractivity contribution < 1.29 is 53.7 Å². The molecule has 257 valence electrons. The normalized spacial score (nSPS) is 26.9. The summed E-state index contributed by atoms with van der Waals surface area (Å²) >= 11 is 0. The van der Waals surface area contributed by atoms with Gasteiger partial charge in [0.15, 0.2) is 0 Å². The van der Waals surface area contributed by atoms with Crippen molar-refractivity contribution in [3.63, 3.8) is 0 Å². The molecule has 0 aliphatic heterocycles. The number of fused-ring (bicyclic) bond motifs is 5. The van der Waals surface area contributed by atoms with Crippen LogP contribution in [-0.4, -0.2) is 90.0 Å². The molecule has 46 heavy (non-hydrogen) atoms. The van der Waals surface area contributed by atoms with E-state index in [1.165, 1.54) is 23.1 Å². The molecule has 0 bridgehead atoms. The van der Waals surface area contributed by atoms with E-state index in [4.69, 9.17) is 17.2 Å². The van der Waals surface area contributed by atoms with Gasteiger partial charge in [-0.05, 0) is 98.4 Å². The molecule has 0 N–H and O–H groups in total. The smallest absolute Gasteiger partial charge is 0.435 e. The number of likely N-dealkylation sites (N-methyl/N-ethyl adjacent to an activating group) is 1. The Balaban J connectivity index is 1.27. The lowest BCUT2D eigenvalue weighted by Gasteiger charge is -2.50. The minimum absolute atomic E-state index is 0.0644. The molecule has 1 aromatic carbocycles. The zero-order chi connectivity index (χ0) is 34.0. The van der Waals surface area contributed by atoms with E-state index in [-0.39, 0.29) is 24.7 Å². The molecule has 15 heteroatoms. The average Bonchev–Trinajstić information content (AvgIpc) is 3.29. The number of halogens is 9. The predicted molar refractivity (Wildman–Crippen MR) is 156 cm³/mol. The lowest BCUT2D eigenvalue weighted by Crippen LogP contribution is -2.68. The highest BCUT2D eigenvalue weighted by Gasteiger charge is 2.85. The minimum atomic E-state index is -6.74. The summed E-state index contributed by atoms with van der Waals surface area (Å²) in [5.74, 6) is 2.31. The van der Waals surface area contributed by atoms with Gasteiger partial charge in [0.25, 0.3) is 0 Å². The van der Waals surface area contributed by atoms with Crippen LogP contribution in [0.15, 0.2) is 18.2 Å². The molecule has 4 nitrogen and oxygen atoms in total. The fourth-order valence-electron chi connectivity index (χ4n) is 7.97. The van der Waals surface area contributed by atoms with Gasteiger partial charge in [-0.15, -0.1) is 0 Å². The van der Waals surface area contributed by atoms with Gasteiger partial charge in [0.05, 0.1) is 33.1 Å². The molecule has 4 rings (SSSR count). The van der Waals surface area contributed by atoms with Crippen molar-refractivity contribution in [3.05, 3.63) is 29.3 Å². The molecular formula is C31H41B2F9NO3. The van der Waals surface area contributed by atoms with E-state index in [9.17, 15) is 39.5 Å². The number of aryl methyl sites for hydroxylation is 1. The summed E-state index contributed by atoms with van der Waals surface area (Å²) in [6.07, 6.45) is -11.6. The van der Waals surface area contributed by atoms with Gasteiger partial charge in [-0.25, -0.2) is 0 Å². The van der Waals surface area contributed by atoms with Gasteiger partial charge in [0, 0.05) is 20.8 Å². The van der Waals surface area contributed by atoms with Crippen LogP contribution in [0.4, 0.5) is 39.5 Å². The van der Waals surface area contributed by atoms with Crippen molar-refractivity contribution in [1.82, 2.24) is 4.90 Å². The quantitative estimate of drug-likeness (QED) is 0.116. The first-order chi connectivity index (χ1) is 21.5. The van der Waals surface area contributed by atoms with Crippen LogP contribution in [0.5, 0.6) is 5.75 Å². The van der Waals surface area contributed by atoms with Crippen LogP contribution < -0.4 is 4.74 Å². The molecule has 2 saturated carbocycles. The van der Waals surface area contributed by atoms with Crippen molar-refractivity contribution >= 4 is 14.9 Å². The Bertz CT molecular complexity index is 1110. The van der Waals surface area contributed by atoms with Crippen LogP contribution in [0.3, 0.4) is 0 Å². The summed E-state index contributed by atoms with van der Waals surface area (Å²) in [5, 5.41) is 0. The van der Waals surface area contributed by atoms with Gasteiger partial charge < -0.3 is 19.1 Å². The van der Waals surface area contributed by atoms with E-state index < -0.39 is 37.3 Å². The van der Waals surface area contributed by atoms with Crippen LogP contribution >= 0.6 is 0 Å². The van der Waals surface area contributed by atoms with Crippen LogP contribution in [0.25, 0.3) is 0 Å².